The molecule has 136 valence electrons. The van der Waals surface area contributed by atoms with Gasteiger partial charge in [0, 0.05) is 29.2 Å². The van der Waals surface area contributed by atoms with Crippen molar-refractivity contribution in [3.63, 3.8) is 0 Å². The van der Waals surface area contributed by atoms with Crippen LogP contribution in [0.1, 0.15) is 23.2 Å². The normalized spacial score (nSPS) is 13.8. The lowest BCUT2D eigenvalue weighted by molar-refractivity contribution is -0.117. The van der Waals surface area contributed by atoms with Gasteiger partial charge in [-0.3, -0.25) is 9.59 Å². The molecule has 0 bridgehead atoms. The molecule has 1 aliphatic heterocycles. The van der Waals surface area contributed by atoms with E-state index < -0.39 is 0 Å². The Bertz CT molecular complexity index is 986. The summed E-state index contributed by atoms with van der Waals surface area (Å²) in [5, 5.41) is 7.45. The fourth-order valence-electron chi connectivity index (χ4n) is 3.05. The number of hydrogen-bond donors (Lipinski definition) is 1. The largest absolute Gasteiger partial charge is 0.320 e. The highest BCUT2D eigenvalue weighted by Gasteiger charge is 2.21. The number of hydrogen-bond acceptors (Lipinski definition) is 4. The Balaban J connectivity index is 1.56. The summed E-state index contributed by atoms with van der Waals surface area (Å²) in [6.07, 6.45) is 4.39. The summed E-state index contributed by atoms with van der Waals surface area (Å²) in [6.45, 7) is 0.716. The summed E-state index contributed by atoms with van der Waals surface area (Å²) in [5.41, 5.74) is 2.47. The Morgan fingerprint density at radius 2 is 1.96 bits per heavy atom. The van der Waals surface area contributed by atoms with E-state index in [4.69, 9.17) is 11.6 Å². The van der Waals surface area contributed by atoms with Crippen molar-refractivity contribution in [2.75, 3.05) is 16.8 Å². The van der Waals surface area contributed by atoms with Crippen molar-refractivity contribution in [2.45, 2.75) is 12.8 Å². The summed E-state index contributed by atoms with van der Waals surface area (Å²) in [5.74, 6) is -0.165. The molecule has 0 aliphatic carbocycles. The molecule has 2 amide bonds. The molecule has 2 heterocycles. The lowest BCUT2D eigenvalue weighted by atomic mass is 10.1. The number of rotatable bonds is 4. The van der Waals surface area contributed by atoms with Crippen LogP contribution in [0.25, 0.3) is 5.69 Å². The van der Waals surface area contributed by atoms with Crippen molar-refractivity contribution in [3.05, 3.63) is 65.7 Å². The Kier molecular flexibility index (Phi) is 4.60. The first-order chi connectivity index (χ1) is 13.1. The smallest absolute Gasteiger partial charge is 0.255 e. The van der Waals surface area contributed by atoms with Crippen LogP contribution < -0.4 is 10.2 Å². The van der Waals surface area contributed by atoms with Gasteiger partial charge in [0.25, 0.3) is 5.91 Å². The predicted octanol–water partition coefficient (Wildman–Crippen LogP) is 3.30. The van der Waals surface area contributed by atoms with E-state index in [1.165, 1.54) is 6.33 Å². The van der Waals surface area contributed by atoms with Gasteiger partial charge in [-0.1, -0.05) is 11.6 Å². The monoisotopic (exact) mass is 381 g/mol. The van der Waals surface area contributed by atoms with E-state index in [-0.39, 0.29) is 11.8 Å². The fraction of sp³-hybridized carbons (Fsp3) is 0.158. The zero-order valence-corrected chi connectivity index (χ0v) is 15.1. The third-order valence-corrected chi connectivity index (χ3v) is 4.62. The predicted molar refractivity (Wildman–Crippen MR) is 102 cm³/mol. The first-order valence-corrected chi connectivity index (χ1v) is 8.86. The highest BCUT2D eigenvalue weighted by atomic mass is 35.5. The van der Waals surface area contributed by atoms with Crippen LogP contribution in [0.3, 0.4) is 0 Å². The minimum atomic E-state index is -0.280. The molecule has 0 atom stereocenters. The van der Waals surface area contributed by atoms with Crippen LogP contribution in [0.2, 0.25) is 5.02 Å². The zero-order chi connectivity index (χ0) is 18.8. The number of nitrogens with one attached hydrogen (secondary N) is 1. The quantitative estimate of drug-likeness (QED) is 0.751. The molecule has 8 heteroatoms. The molecule has 2 aromatic carbocycles. The van der Waals surface area contributed by atoms with Crippen molar-refractivity contribution in [2.24, 2.45) is 0 Å². The third kappa shape index (κ3) is 3.54. The van der Waals surface area contributed by atoms with E-state index in [9.17, 15) is 9.59 Å². The van der Waals surface area contributed by atoms with Gasteiger partial charge in [0.2, 0.25) is 5.91 Å². The highest BCUT2D eigenvalue weighted by molar-refractivity contribution is 6.31. The molecule has 0 saturated carbocycles. The summed E-state index contributed by atoms with van der Waals surface area (Å²) < 4.78 is 1.55. The summed E-state index contributed by atoms with van der Waals surface area (Å²) in [4.78, 5) is 30.2. The first kappa shape index (κ1) is 17.2. The molecule has 0 radical (unpaired) electrons. The van der Waals surface area contributed by atoms with Crippen LogP contribution in [0, 0.1) is 0 Å². The second-order valence-electron chi connectivity index (χ2n) is 6.15. The molecule has 4 rings (SSSR count). The summed E-state index contributed by atoms with van der Waals surface area (Å²) in [6, 6.07) is 12.1. The van der Waals surface area contributed by atoms with Gasteiger partial charge in [0.05, 0.1) is 11.4 Å². The van der Waals surface area contributed by atoms with E-state index >= 15 is 0 Å². The van der Waals surface area contributed by atoms with Crippen molar-refractivity contribution < 1.29 is 9.59 Å². The van der Waals surface area contributed by atoms with E-state index in [0.29, 0.717) is 34.9 Å². The molecular formula is C19H16ClN5O2. The lowest BCUT2D eigenvalue weighted by Crippen LogP contribution is -2.23. The van der Waals surface area contributed by atoms with E-state index in [2.05, 4.69) is 15.4 Å². The summed E-state index contributed by atoms with van der Waals surface area (Å²) in [7, 11) is 0. The number of halogens is 1. The molecule has 0 unspecified atom stereocenters. The molecule has 0 spiro atoms. The Morgan fingerprint density at radius 3 is 2.63 bits per heavy atom. The molecular weight excluding hydrogens is 366 g/mol. The van der Waals surface area contributed by atoms with Gasteiger partial charge in [-0.25, -0.2) is 9.67 Å². The van der Waals surface area contributed by atoms with E-state index in [1.54, 1.807) is 58.4 Å². The van der Waals surface area contributed by atoms with Crippen LogP contribution in [0.4, 0.5) is 11.4 Å². The number of anilines is 2. The number of carbonyl (C=O) groups excluding carboxylic acids is 2. The molecule has 1 N–H and O–H groups in total. The zero-order valence-electron chi connectivity index (χ0n) is 14.3. The molecule has 3 aromatic rings. The van der Waals surface area contributed by atoms with Crippen molar-refractivity contribution in [1.82, 2.24) is 14.8 Å². The number of carbonyl (C=O) groups is 2. The van der Waals surface area contributed by atoms with Crippen molar-refractivity contribution in [3.8, 4) is 5.69 Å². The van der Waals surface area contributed by atoms with Crippen LogP contribution in [-0.4, -0.2) is 33.1 Å². The maximum Gasteiger partial charge on any atom is 0.255 e. The van der Waals surface area contributed by atoms with E-state index in [0.717, 1.165) is 12.1 Å². The average molecular weight is 382 g/mol. The number of benzene rings is 2. The van der Waals surface area contributed by atoms with Gasteiger partial charge in [0.1, 0.15) is 12.7 Å². The third-order valence-electron chi connectivity index (χ3n) is 4.39. The number of amides is 2. The van der Waals surface area contributed by atoms with Crippen LogP contribution in [-0.2, 0) is 4.79 Å². The van der Waals surface area contributed by atoms with E-state index in [1.807, 2.05) is 0 Å². The molecule has 27 heavy (non-hydrogen) atoms. The fourth-order valence-corrected chi connectivity index (χ4v) is 3.22. The highest BCUT2D eigenvalue weighted by Crippen LogP contribution is 2.25. The standard InChI is InChI=1S/C19H16ClN5O2/c20-14-5-8-17(25-12-21-11-22-25)16(10-14)23-19(27)13-3-6-15(7-4-13)24-9-1-2-18(24)26/h3-8,10-12H,1-2,9H2,(H,23,27). The van der Waals surface area contributed by atoms with Gasteiger partial charge in [-0.15, -0.1) is 0 Å². The van der Waals surface area contributed by atoms with Crippen LogP contribution in [0.5, 0.6) is 0 Å². The molecule has 7 nitrogen and oxygen atoms in total. The van der Waals surface area contributed by atoms with Gasteiger partial charge in [0.15, 0.2) is 0 Å². The molecule has 1 aliphatic rings. The maximum absolute atomic E-state index is 12.7. The maximum atomic E-state index is 12.7. The minimum absolute atomic E-state index is 0.114. The average Bonchev–Trinajstić information content (AvgIpc) is 3.34. The molecule has 1 fully saturated rings. The Morgan fingerprint density at radius 1 is 1.15 bits per heavy atom. The second kappa shape index (κ2) is 7.20. The van der Waals surface area contributed by atoms with Gasteiger partial charge in [-0.05, 0) is 48.9 Å². The number of aromatic nitrogens is 3. The number of nitrogens with zero attached hydrogens (tertiary/aromatic N) is 4. The van der Waals surface area contributed by atoms with Gasteiger partial charge in [-0.2, -0.15) is 5.10 Å². The molecule has 1 aromatic heterocycles. The van der Waals surface area contributed by atoms with Crippen molar-refractivity contribution in [1.29, 1.82) is 0 Å². The Hall–Kier alpha value is -3.19. The molecule has 1 saturated heterocycles. The van der Waals surface area contributed by atoms with Crippen LogP contribution in [0.15, 0.2) is 55.1 Å². The topological polar surface area (TPSA) is 80.1 Å². The second-order valence-corrected chi connectivity index (χ2v) is 6.59. The van der Waals surface area contributed by atoms with Crippen molar-refractivity contribution >= 4 is 34.8 Å². The SMILES string of the molecule is O=C(Nc1cc(Cl)ccc1-n1cncn1)c1ccc(N2CCCC2=O)cc1. The minimum Gasteiger partial charge on any atom is -0.320 e. The summed E-state index contributed by atoms with van der Waals surface area (Å²) >= 11 is 6.08. The lowest BCUT2D eigenvalue weighted by Gasteiger charge is -2.16. The van der Waals surface area contributed by atoms with Gasteiger partial charge >= 0.3 is 0 Å². The first-order valence-electron chi connectivity index (χ1n) is 8.48. The Labute approximate surface area is 160 Å². The van der Waals surface area contributed by atoms with Gasteiger partial charge < -0.3 is 10.2 Å². The van der Waals surface area contributed by atoms with Crippen LogP contribution >= 0.6 is 11.6 Å².